The Kier molecular flexibility index (Phi) is 4.48. The molecule has 4 fully saturated rings. The van der Waals surface area contributed by atoms with E-state index >= 15 is 0 Å². The van der Waals surface area contributed by atoms with Gasteiger partial charge in [-0.05, 0) is 17.7 Å². The molecule has 0 atom stereocenters. The summed E-state index contributed by atoms with van der Waals surface area (Å²) in [7, 11) is -5.34. The van der Waals surface area contributed by atoms with Crippen molar-refractivity contribution in [3.05, 3.63) is 29.8 Å². The van der Waals surface area contributed by atoms with Crippen molar-refractivity contribution in [1.29, 1.82) is 0 Å². The Balaban J connectivity index is 0.00000259. The van der Waals surface area contributed by atoms with Crippen LogP contribution in [0.5, 0.6) is 0 Å². The van der Waals surface area contributed by atoms with Gasteiger partial charge in [0.25, 0.3) is 9.84 Å². The van der Waals surface area contributed by atoms with E-state index in [-0.39, 0.29) is 19.5 Å². The number of carbonyl (C=O) groups excluding carboxylic acids is 2. The maximum absolute atomic E-state index is 12.6. The van der Waals surface area contributed by atoms with Gasteiger partial charge in [-0.25, -0.2) is 18.0 Å². The standard InChI is InChI=1S/C19H21F3N4O5S.H2/c20-19(21,22)32(29,30)14-3-1-13(2-4-14)5-24-6-17(7-24)8-25(9-17)16(28)26-10-18(11-26)12-31-15(27)23-18;/h1-4H,5-12H2,(H,23,27);1H. The number of cyclic esters (lactones) is 1. The first kappa shape index (κ1) is 21.3. The molecule has 3 amide bonds. The molecule has 4 heterocycles. The summed E-state index contributed by atoms with van der Waals surface area (Å²) in [5.41, 5.74) is -5.01. The van der Waals surface area contributed by atoms with Crippen molar-refractivity contribution in [2.24, 2.45) is 5.41 Å². The topological polar surface area (TPSA) is 99.3 Å². The Morgan fingerprint density at radius 1 is 1.06 bits per heavy atom. The van der Waals surface area contributed by atoms with Crippen LogP contribution in [0.25, 0.3) is 0 Å². The lowest BCUT2D eigenvalue weighted by Crippen LogP contribution is -2.77. The van der Waals surface area contributed by atoms with E-state index < -0.39 is 31.9 Å². The highest BCUT2D eigenvalue weighted by atomic mass is 32.2. The fourth-order valence-electron chi connectivity index (χ4n) is 4.96. The van der Waals surface area contributed by atoms with E-state index in [0.717, 1.165) is 30.8 Å². The van der Waals surface area contributed by atoms with Gasteiger partial charge in [0, 0.05) is 39.6 Å². The smallest absolute Gasteiger partial charge is 0.447 e. The first-order chi connectivity index (χ1) is 14.9. The predicted molar refractivity (Wildman–Crippen MR) is 105 cm³/mol. The van der Waals surface area contributed by atoms with Crippen molar-refractivity contribution < 1.29 is 37.3 Å². The fraction of sp³-hybridized carbons (Fsp3) is 0.579. The number of sulfone groups is 1. The molecule has 1 aromatic carbocycles. The zero-order valence-electron chi connectivity index (χ0n) is 16.9. The lowest BCUT2D eigenvalue weighted by atomic mass is 9.72. The summed E-state index contributed by atoms with van der Waals surface area (Å²) < 4.78 is 65.7. The number of carbonyl (C=O) groups is 2. The van der Waals surface area contributed by atoms with Crippen molar-refractivity contribution in [3.63, 3.8) is 0 Å². The number of ether oxygens (including phenoxy) is 1. The van der Waals surface area contributed by atoms with E-state index in [1.165, 1.54) is 12.1 Å². The van der Waals surface area contributed by atoms with E-state index in [4.69, 9.17) is 4.74 Å². The highest BCUT2D eigenvalue weighted by Gasteiger charge is 2.57. The molecule has 0 saturated carbocycles. The summed E-state index contributed by atoms with van der Waals surface area (Å²) in [5.74, 6) is 0. The summed E-state index contributed by atoms with van der Waals surface area (Å²) in [4.78, 5) is 28.6. The quantitative estimate of drug-likeness (QED) is 0.705. The average Bonchev–Trinajstić information content (AvgIpc) is 3.02. The monoisotopic (exact) mass is 476 g/mol. The largest absolute Gasteiger partial charge is 0.501 e. The Morgan fingerprint density at radius 2 is 1.66 bits per heavy atom. The zero-order valence-corrected chi connectivity index (χ0v) is 17.7. The molecule has 32 heavy (non-hydrogen) atoms. The highest BCUT2D eigenvalue weighted by Crippen LogP contribution is 2.41. The lowest BCUT2D eigenvalue weighted by Gasteiger charge is -2.61. The number of amides is 3. The van der Waals surface area contributed by atoms with E-state index in [0.29, 0.717) is 32.7 Å². The van der Waals surface area contributed by atoms with Gasteiger partial charge in [0.1, 0.15) is 12.1 Å². The van der Waals surface area contributed by atoms with Crippen LogP contribution in [0.3, 0.4) is 0 Å². The van der Waals surface area contributed by atoms with Gasteiger partial charge in [0.15, 0.2) is 0 Å². The fourth-order valence-corrected chi connectivity index (χ4v) is 5.72. The molecule has 4 aliphatic rings. The molecule has 9 nitrogen and oxygen atoms in total. The minimum absolute atomic E-state index is 0. The second kappa shape index (κ2) is 6.73. The number of rotatable bonds is 3. The number of alkyl halides is 3. The van der Waals surface area contributed by atoms with Gasteiger partial charge >= 0.3 is 17.6 Å². The van der Waals surface area contributed by atoms with Crippen LogP contribution in [0.2, 0.25) is 0 Å². The van der Waals surface area contributed by atoms with Crippen LogP contribution in [-0.4, -0.2) is 92.2 Å². The van der Waals surface area contributed by atoms with E-state index in [1.54, 1.807) is 9.80 Å². The Hall–Kier alpha value is -2.54. The number of halogens is 3. The van der Waals surface area contributed by atoms with Gasteiger partial charge in [0.2, 0.25) is 0 Å². The van der Waals surface area contributed by atoms with Gasteiger partial charge in [-0.15, -0.1) is 0 Å². The number of benzene rings is 1. The van der Waals surface area contributed by atoms with Gasteiger partial charge in [0.05, 0.1) is 18.0 Å². The predicted octanol–water partition coefficient (Wildman–Crippen LogP) is 1.26. The van der Waals surface area contributed by atoms with Crippen molar-refractivity contribution in [2.45, 2.75) is 22.5 Å². The summed E-state index contributed by atoms with van der Waals surface area (Å²) in [6, 6.07) is 4.70. The molecule has 0 unspecified atom stereocenters. The second-order valence-electron chi connectivity index (χ2n) is 9.21. The van der Waals surface area contributed by atoms with Crippen molar-refractivity contribution in [3.8, 4) is 0 Å². The van der Waals surface area contributed by atoms with Crippen LogP contribution >= 0.6 is 0 Å². The maximum atomic E-state index is 12.6. The summed E-state index contributed by atoms with van der Waals surface area (Å²) in [6.07, 6.45) is -0.453. The van der Waals surface area contributed by atoms with E-state index in [9.17, 15) is 31.2 Å². The summed E-state index contributed by atoms with van der Waals surface area (Å²) >= 11 is 0. The first-order valence-electron chi connectivity index (χ1n) is 10.0. The molecule has 2 spiro atoms. The molecule has 0 aromatic heterocycles. The molecule has 13 heteroatoms. The highest BCUT2D eigenvalue weighted by molar-refractivity contribution is 7.92. The van der Waals surface area contributed by atoms with Crippen LogP contribution < -0.4 is 5.32 Å². The number of likely N-dealkylation sites (tertiary alicyclic amines) is 3. The van der Waals surface area contributed by atoms with Gasteiger partial charge in [-0.2, -0.15) is 13.2 Å². The van der Waals surface area contributed by atoms with Crippen molar-refractivity contribution in [2.75, 3.05) is 45.9 Å². The van der Waals surface area contributed by atoms with Crippen molar-refractivity contribution >= 4 is 22.0 Å². The Morgan fingerprint density at radius 3 is 2.19 bits per heavy atom. The van der Waals surface area contributed by atoms with Crippen LogP contribution in [0, 0.1) is 5.41 Å². The van der Waals surface area contributed by atoms with E-state index in [2.05, 4.69) is 10.2 Å². The number of nitrogens with one attached hydrogen (secondary N) is 1. The average molecular weight is 476 g/mol. The second-order valence-corrected chi connectivity index (χ2v) is 11.2. The zero-order chi connectivity index (χ0) is 22.9. The third-order valence-corrected chi connectivity index (χ3v) is 7.99. The summed E-state index contributed by atoms with van der Waals surface area (Å²) in [6.45, 7) is 4.43. The van der Waals surface area contributed by atoms with E-state index in [1.807, 2.05) is 0 Å². The number of nitrogens with zero attached hydrogens (tertiary/aromatic N) is 3. The maximum Gasteiger partial charge on any atom is 0.501 e. The van der Waals surface area contributed by atoms with Crippen LogP contribution in [0.1, 0.15) is 6.99 Å². The van der Waals surface area contributed by atoms with Gasteiger partial charge in [-0.3, -0.25) is 4.90 Å². The van der Waals surface area contributed by atoms with Crippen molar-refractivity contribution in [1.82, 2.24) is 20.0 Å². The van der Waals surface area contributed by atoms with Crippen LogP contribution in [-0.2, 0) is 21.1 Å². The SMILES string of the molecule is O=C1NC2(CO1)CN(C(=O)N1CC3(CN(Cc4ccc(S(=O)(=O)C(F)(F)F)cc4)C3)C1)C2.[HH]. The molecule has 0 aliphatic carbocycles. The minimum atomic E-state index is -5.34. The molecule has 176 valence electrons. The Labute approximate surface area is 183 Å². The first-order valence-corrected chi connectivity index (χ1v) is 11.5. The summed E-state index contributed by atoms with van der Waals surface area (Å²) in [5, 5.41) is 2.74. The molecule has 4 saturated heterocycles. The third-order valence-electron chi connectivity index (χ3n) is 6.49. The Bertz CT molecular complexity index is 1060. The number of alkyl carbamates (subject to hydrolysis) is 1. The van der Waals surface area contributed by atoms with Gasteiger partial charge < -0.3 is 19.9 Å². The number of hydrogen-bond acceptors (Lipinski definition) is 6. The molecular formula is C19H23F3N4O5S. The molecule has 0 bridgehead atoms. The minimum Gasteiger partial charge on any atom is -0.447 e. The molecule has 4 aliphatic heterocycles. The van der Waals surface area contributed by atoms with Crippen LogP contribution in [0.15, 0.2) is 29.2 Å². The molecule has 1 N–H and O–H groups in total. The van der Waals surface area contributed by atoms with Crippen LogP contribution in [0.4, 0.5) is 22.8 Å². The molecule has 0 radical (unpaired) electrons. The molecule has 5 rings (SSSR count). The number of hydrogen-bond donors (Lipinski definition) is 1. The molecule has 1 aromatic rings. The number of urea groups is 1. The third kappa shape index (κ3) is 3.38. The lowest BCUT2D eigenvalue weighted by molar-refractivity contribution is -0.106. The molecular weight excluding hydrogens is 453 g/mol. The normalized spacial score (nSPS) is 23.9. The van der Waals surface area contributed by atoms with Gasteiger partial charge in [-0.1, -0.05) is 12.1 Å².